The van der Waals surface area contributed by atoms with E-state index in [9.17, 15) is 9.59 Å². The predicted octanol–water partition coefficient (Wildman–Crippen LogP) is 2.21. The predicted molar refractivity (Wildman–Crippen MR) is 88.0 cm³/mol. The Morgan fingerprint density at radius 3 is 2.09 bits per heavy atom. The molecule has 0 aliphatic heterocycles. The third kappa shape index (κ3) is 5.02. The Bertz CT molecular complexity index is 614. The fraction of sp³-hybridized carbons (Fsp3) is 0.412. The molecule has 1 aromatic carbocycles. The second-order valence-electron chi connectivity index (χ2n) is 5.83. The summed E-state index contributed by atoms with van der Waals surface area (Å²) in [5.74, 6) is 0.0548. The Morgan fingerprint density at radius 2 is 1.61 bits per heavy atom. The molecule has 0 atom stereocenters. The van der Waals surface area contributed by atoms with Crippen molar-refractivity contribution >= 4 is 17.8 Å². The van der Waals surface area contributed by atoms with Crippen LogP contribution in [0.3, 0.4) is 0 Å². The van der Waals surface area contributed by atoms with E-state index >= 15 is 0 Å². The molecule has 1 amide bonds. The zero-order chi connectivity index (χ0) is 17.6. The number of nitrogens with one attached hydrogen (secondary N) is 1. The number of rotatable bonds is 6. The van der Waals surface area contributed by atoms with E-state index in [1.807, 2.05) is 0 Å². The number of carbonyl (C=O) groups excluding carboxylic acids is 2. The maximum Gasteiger partial charge on any atom is 0.292 e. The summed E-state index contributed by atoms with van der Waals surface area (Å²) in [7, 11) is 4.51. The minimum absolute atomic E-state index is 0.420. The van der Waals surface area contributed by atoms with Crippen LogP contribution in [-0.4, -0.2) is 38.6 Å². The monoisotopic (exact) mass is 321 g/mol. The molecule has 0 saturated carbocycles. The van der Waals surface area contributed by atoms with E-state index < -0.39 is 17.2 Å². The molecular weight excluding hydrogens is 298 g/mol. The number of amides is 1. The summed E-state index contributed by atoms with van der Waals surface area (Å²) in [6, 6.07) is 3.41. The van der Waals surface area contributed by atoms with Crippen LogP contribution in [0.15, 0.2) is 18.2 Å². The second kappa shape index (κ2) is 7.67. The molecule has 23 heavy (non-hydrogen) atoms. The molecule has 0 aliphatic carbocycles. The van der Waals surface area contributed by atoms with Gasteiger partial charge in [-0.1, -0.05) is 0 Å². The zero-order valence-corrected chi connectivity index (χ0v) is 14.4. The summed E-state index contributed by atoms with van der Waals surface area (Å²) in [5, 5.41) is 2.61. The van der Waals surface area contributed by atoms with Crippen LogP contribution in [0.2, 0.25) is 0 Å². The largest absolute Gasteiger partial charge is 0.493 e. The highest BCUT2D eigenvalue weighted by atomic mass is 16.5. The molecule has 0 radical (unpaired) electrons. The summed E-state index contributed by atoms with van der Waals surface area (Å²) in [6.45, 7) is 5.41. The summed E-state index contributed by atoms with van der Waals surface area (Å²) in [6.07, 6.45) is 2.70. The van der Waals surface area contributed by atoms with Gasteiger partial charge in [0.1, 0.15) is 0 Å². The maximum absolute atomic E-state index is 11.9. The van der Waals surface area contributed by atoms with Crippen LogP contribution < -0.4 is 19.5 Å². The number of hydrogen-bond acceptors (Lipinski definition) is 5. The quantitative estimate of drug-likeness (QED) is 0.642. The first-order chi connectivity index (χ1) is 10.7. The van der Waals surface area contributed by atoms with Crippen molar-refractivity contribution in [3.8, 4) is 17.2 Å². The third-order valence-corrected chi connectivity index (χ3v) is 2.86. The van der Waals surface area contributed by atoms with Gasteiger partial charge in [-0.25, -0.2) is 0 Å². The third-order valence-electron chi connectivity index (χ3n) is 2.86. The smallest absolute Gasteiger partial charge is 0.292 e. The van der Waals surface area contributed by atoms with E-state index in [2.05, 4.69) is 5.32 Å². The van der Waals surface area contributed by atoms with Gasteiger partial charge in [0.15, 0.2) is 11.5 Å². The van der Waals surface area contributed by atoms with Crippen LogP contribution >= 0.6 is 0 Å². The minimum Gasteiger partial charge on any atom is -0.493 e. The van der Waals surface area contributed by atoms with Crippen LogP contribution in [0.1, 0.15) is 26.3 Å². The SMILES string of the molecule is COc1ccc(/C=C/C(=O)C(=O)NC(C)(C)C)c(OC)c1OC. The van der Waals surface area contributed by atoms with E-state index in [0.717, 1.165) is 0 Å². The number of benzene rings is 1. The average molecular weight is 321 g/mol. The number of ether oxygens (including phenoxy) is 3. The van der Waals surface area contributed by atoms with E-state index in [1.54, 1.807) is 32.9 Å². The first kappa shape index (κ1) is 18.5. The molecular formula is C17H23NO5. The summed E-state index contributed by atoms with van der Waals surface area (Å²) in [4.78, 5) is 23.6. The maximum atomic E-state index is 11.9. The lowest BCUT2D eigenvalue weighted by Gasteiger charge is -2.19. The zero-order valence-electron chi connectivity index (χ0n) is 14.4. The molecule has 0 bridgehead atoms. The standard InChI is InChI=1S/C17H23NO5/c1-17(2,3)18-16(20)12(19)9-7-11-8-10-13(21-4)15(23-6)14(11)22-5/h7-10H,1-6H3,(H,18,20)/b9-7+. The van der Waals surface area contributed by atoms with Gasteiger partial charge in [-0.05, 0) is 45.1 Å². The van der Waals surface area contributed by atoms with Crippen molar-refractivity contribution in [3.05, 3.63) is 23.8 Å². The summed E-state index contributed by atoms with van der Waals surface area (Å²) >= 11 is 0. The first-order valence-corrected chi connectivity index (χ1v) is 7.07. The second-order valence-corrected chi connectivity index (χ2v) is 5.83. The fourth-order valence-corrected chi connectivity index (χ4v) is 1.90. The van der Waals surface area contributed by atoms with E-state index in [4.69, 9.17) is 14.2 Å². The Morgan fingerprint density at radius 1 is 1.00 bits per heavy atom. The van der Waals surface area contributed by atoms with Gasteiger partial charge < -0.3 is 19.5 Å². The van der Waals surface area contributed by atoms with E-state index in [-0.39, 0.29) is 0 Å². The normalized spacial score (nSPS) is 11.2. The van der Waals surface area contributed by atoms with Crippen molar-refractivity contribution in [2.24, 2.45) is 0 Å². The molecule has 1 rings (SSSR count). The van der Waals surface area contributed by atoms with Crippen LogP contribution in [0.4, 0.5) is 0 Å². The Labute approximate surface area is 136 Å². The van der Waals surface area contributed by atoms with Gasteiger partial charge in [-0.15, -0.1) is 0 Å². The molecule has 0 unspecified atom stereocenters. The molecule has 0 aliphatic rings. The molecule has 1 N–H and O–H groups in total. The van der Waals surface area contributed by atoms with Gasteiger partial charge in [-0.3, -0.25) is 9.59 Å². The molecule has 6 heteroatoms. The summed E-state index contributed by atoms with van der Waals surface area (Å²) in [5.41, 5.74) is 0.129. The van der Waals surface area contributed by atoms with Crippen molar-refractivity contribution in [1.29, 1.82) is 0 Å². The highest BCUT2D eigenvalue weighted by molar-refractivity contribution is 6.41. The van der Waals surface area contributed by atoms with Crippen molar-refractivity contribution < 1.29 is 23.8 Å². The molecule has 126 valence electrons. The molecule has 0 spiro atoms. The lowest BCUT2D eigenvalue weighted by molar-refractivity contribution is -0.136. The average Bonchev–Trinajstić information content (AvgIpc) is 2.49. The van der Waals surface area contributed by atoms with E-state index in [1.165, 1.54) is 33.5 Å². The molecule has 0 saturated heterocycles. The molecule has 6 nitrogen and oxygen atoms in total. The molecule has 1 aromatic rings. The van der Waals surface area contributed by atoms with Gasteiger partial charge in [0, 0.05) is 11.1 Å². The Hall–Kier alpha value is -2.50. The number of hydrogen-bond donors (Lipinski definition) is 1. The molecule has 0 fully saturated rings. The topological polar surface area (TPSA) is 73.9 Å². The van der Waals surface area contributed by atoms with Crippen molar-refractivity contribution in [2.45, 2.75) is 26.3 Å². The van der Waals surface area contributed by atoms with Gasteiger partial charge in [-0.2, -0.15) is 0 Å². The number of ketones is 1. The fourth-order valence-electron chi connectivity index (χ4n) is 1.90. The molecule has 0 heterocycles. The minimum atomic E-state index is -0.659. The Kier molecular flexibility index (Phi) is 6.18. The van der Waals surface area contributed by atoms with Crippen LogP contribution in [0.25, 0.3) is 6.08 Å². The van der Waals surface area contributed by atoms with Gasteiger partial charge in [0.25, 0.3) is 5.91 Å². The lowest BCUT2D eigenvalue weighted by atomic mass is 10.1. The van der Waals surface area contributed by atoms with Crippen LogP contribution in [0, 0.1) is 0 Å². The van der Waals surface area contributed by atoms with Crippen molar-refractivity contribution in [2.75, 3.05) is 21.3 Å². The van der Waals surface area contributed by atoms with Gasteiger partial charge in [0.05, 0.1) is 21.3 Å². The van der Waals surface area contributed by atoms with E-state index in [0.29, 0.717) is 22.8 Å². The number of carbonyl (C=O) groups is 2. The van der Waals surface area contributed by atoms with Crippen LogP contribution in [-0.2, 0) is 9.59 Å². The van der Waals surface area contributed by atoms with Gasteiger partial charge >= 0.3 is 0 Å². The van der Waals surface area contributed by atoms with Gasteiger partial charge in [0.2, 0.25) is 11.5 Å². The Balaban J connectivity index is 3.04. The highest BCUT2D eigenvalue weighted by Gasteiger charge is 2.19. The number of methoxy groups -OCH3 is 3. The van der Waals surface area contributed by atoms with Crippen LogP contribution in [0.5, 0.6) is 17.2 Å². The highest BCUT2D eigenvalue weighted by Crippen LogP contribution is 2.40. The lowest BCUT2D eigenvalue weighted by Crippen LogP contribution is -2.43. The first-order valence-electron chi connectivity index (χ1n) is 7.07. The van der Waals surface area contributed by atoms with Crippen molar-refractivity contribution in [3.63, 3.8) is 0 Å². The molecule has 0 aromatic heterocycles. The van der Waals surface area contributed by atoms with Crippen molar-refractivity contribution in [1.82, 2.24) is 5.32 Å². The summed E-state index contributed by atoms with van der Waals surface area (Å²) < 4.78 is 15.8.